The van der Waals surface area contributed by atoms with E-state index < -0.39 is 103 Å². The number of carboxylic acid groups (broad SMARTS) is 1. The Kier molecular flexibility index (Phi) is 10.0. The molecule has 15 nitrogen and oxygen atoms in total. The molecule has 46 heavy (non-hydrogen) atoms. The molecule has 2 fully saturated rings. The molecule has 0 spiro atoms. The number of rotatable bonds is 9. The Hall–Kier alpha value is -4.38. The highest BCUT2D eigenvalue weighted by Crippen LogP contribution is 2.51. The molecule has 5 N–H and O–H groups in total. The minimum Gasteiger partial charge on any atom is -0.478 e. The minimum atomic E-state index is -1.89. The molecule has 3 aliphatic rings. The summed E-state index contributed by atoms with van der Waals surface area (Å²) in [4.78, 5) is 52.6. The van der Waals surface area contributed by atoms with Gasteiger partial charge in [0, 0.05) is 11.8 Å². The Morgan fingerprint density at radius 3 is 1.87 bits per heavy atom. The zero-order chi connectivity index (χ0) is 33.1. The number of carboxylic acids is 1. The van der Waals surface area contributed by atoms with Crippen molar-refractivity contribution in [3.63, 3.8) is 0 Å². The summed E-state index contributed by atoms with van der Waals surface area (Å²) in [5.74, 6) is -8.78. The van der Waals surface area contributed by atoms with Gasteiger partial charge in [0.25, 0.3) is 0 Å². The lowest BCUT2D eigenvalue weighted by Gasteiger charge is -2.43. The van der Waals surface area contributed by atoms with Crippen LogP contribution in [0.2, 0.25) is 0 Å². The summed E-state index contributed by atoms with van der Waals surface area (Å²) in [6.07, 6.45) is -12.7. The summed E-state index contributed by atoms with van der Waals surface area (Å²) in [5.41, 5.74) is -0.305. The van der Waals surface area contributed by atoms with Gasteiger partial charge in [-0.2, -0.15) is 0 Å². The molecule has 15 heteroatoms. The van der Waals surface area contributed by atoms with E-state index >= 15 is 0 Å². The van der Waals surface area contributed by atoms with Crippen molar-refractivity contribution in [1.29, 1.82) is 0 Å². The third kappa shape index (κ3) is 6.33. The normalized spacial score (nSPS) is 33.5. The van der Waals surface area contributed by atoms with E-state index in [-0.39, 0.29) is 11.1 Å². The molecule has 1 saturated carbocycles. The van der Waals surface area contributed by atoms with Crippen LogP contribution >= 0.6 is 0 Å². The van der Waals surface area contributed by atoms with Gasteiger partial charge in [-0.3, -0.25) is 4.79 Å². The third-order valence-corrected chi connectivity index (χ3v) is 8.21. The van der Waals surface area contributed by atoms with Crippen LogP contribution in [-0.2, 0) is 38.0 Å². The van der Waals surface area contributed by atoms with Gasteiger partial charge in [0.1, 0.15) is 36.4 Å². The number of esters is 3. The average molecular weight is 645 g/mol. The minimum absolute atomic E-state index is 0.0773. The maximum absolute atomic E-state index is 13.5. The van der Waals surface area contributed by atoms with Crippen LogP contribution in [0.4, 0.5) is 0 Å². The predicted octanol–water partition coefficient (Wildman–Crippen LogP) is -0.386. The van der Waals surface area contributed by atoms with Gasteiger partial charge in [0.2, 0.25) is 6.29 Å². The zero-order valence-corrected chi connectivity index (χ0v) is 24.2. The highest BCUT2D eigenvalue weighted by molar-refractivity contribution is 5.92. The number of aliphatic hydroxyl groups excluding tert-OH is 4. The first kappa shape index (κ1) is 33.0. The summed E-state index contributed by atoms with van der Waals surface area (Å²) >= 11 is 0. The molecule has 246 valence electrons. The number of fused-ring (bicyclic) bond motifs is 1. The van der Waals surface area contributed by atoms with Crippen LogP contribution in [0.5, 0.6) is 0 Å². The number of hydrogen-bond donors (Lipinski definition) is 5. The molecule has 0 amide bonds. The topological polar surface area (TPSA) is 225 Å². The van der Waals surface area contributed by atoms with E-state index in [1.165, 1.54) is 24.3 Å². The third-order valence-electron chi connectivity index (χ3n) is 8.21. The van der Waals surface area contributed by atoms with Crippen LogP contribution in [0.1, 0.15) is 20.7 Å². The largest absolute Gasteiger partial charge is 0.478 e. The van der Waals surface area contributed by atoms with Gasteiger partial charge >= 0.3 is 23.9 Å². The van der Waals surface area contributed by atoms with Crippen molar-refractivity contribution in [3.05, 3.63) is 83.6 Å². The van der Waals surface area contributed by atoms with E-state index in [2.05, 4.69) is 0 Å². The standard InChI is InChI=1S/C31H32O15/c1-41-29(40)20-19-18(16(26(36)37)13-42-30(19)46-31-23(35)22(34)21(33)17(12-32)43-31)24(44-27(38)14-8-4-2-5-9-14)25(20)45-28(39)15-10-6-3-7-11-15/h2-11,13,17-25,30-35H,12H2,1H3,(H,36,37)/t17-,18-,19+,20-,21+,22+,23+,24-,25+,30+,31-/m0/s1. The second-order valence-electron chi connectivity index (χ2n) is 10.8. The number of carbonyl (C=O) groups excluding carboxylic acids is 3. The first-order valence-electron chi connectivity index (χ1n) is 14.2. The Morgan fingerprint density at radius 2 is 1.35 bits per heavy atom. The smallest absolute Gasteiger partial charge is 0.338 e. The second-order valence-corrected chi connectivity index (χ2v) is 10.8. The van der Waals surface area contributed by atoms with Gasteiger partial charge in [-0.25, -0.2) is 14.4 Å². The molecule has 2 aliphatic heterocycles. The van der Waals surface area contributed by atoms with Crippen molar-refractivity contribution in [3.8, 4) is 0 Å². The SMILES string of the molecule is COC(=O)[C@@H]1[C@@H](OC(=O)c2ccccc2)[C@@H](OC(=O)c2ccccc2)[C@H]2C(C(=O)O)=CO[C@H](O[C@@H]3O[C@@H](CO)[C@@H](O)[C@@H](O)[C@H]3O)[C@H]21. The predicted molar refractivity (Wildman–Crippen MR) is 149 cm³/mol. The molecule has 5 rings (SSSR count). The van der Waals surface area contributed by atoms with E-state index in [0.717, 1.165) is 13.4 Å². The fourth-order valence-corrected chi connectivity index (χ4v) is 5.97. The van der Waals surface area contributed by atoms with Gasteiger partial charge < -0.3 is 54.0 Å². The molecule has 11 atom stereocenters. The van der Waals surface area contributed by atoms with Crippen molar-refractivity contribution in [1.82, 2.24) is 0 Å². The van der Waals surface area contributed by atoms with Gasteiger partial charge in [0.05, 0.1) is 36.7 Å². The van der Waals surface area contributed by atoms with Gasteiger partial charge in [0.15, 0.2) is 12.4 Å². The van der Waals surface area contributed by atoms with Gasteiger partial charge in [-0.15, -0.1) is 0 Å². The number of hydrogen-bond acceptors (Lipinski definition) is 14. The highest BCUT2D eigenvalue weighted by atomic mass is 16.8. The number of aliphatic carboxylic acids is 1. The zero-order valence-electron chi connectivity index (χ0n) is 24.2. The molecule has 2 heterocycles. The van der Waals surface area contributed by atoms with E-state index in [9.17, 15) is 44.7 Å². The van der Waals surface area contributed by atoms with Crippen LogP contribution < -0.4 is 0 Å². The molecule has 2 aromatic rings. The fraction of sp³-hybridized carbons (Fsp3) is 0.419. The molecule has 0 bridgehead atoms. The Labute approximate surface area is 261 Å². The molecule has 1 saturated heterocycles. The maximum Gasteiger partial charge on any atom is 0.338 e. The van der Waals surface area contributed by atoms with Crippen LogP contribution in [0.3, 0.4) is 0 Å². The van der Waals surface area contributed by atoms with Crippen LogP contribution in [0, 0.1) is 17.8 Å². The first-order chi connectivity index (χ1) is 22.1. The molecule has 0 unspecified atom stereocenters. The van der Waals surface area contributed by atoms with Gasteiger partial charge in [-0.05, 0) is 24.3 Å². The van der Waals surface area contributed by atoms with Crippen molar-refractivity contribution < 1.29 is 73.1 Å². The van der Waals surface area contributed by atoms with Crippen LogP contribution in [0.25, 0.3) is 0 Å². The van der Waals surface area contributed by atoms with Crippen LogP contribution in [0.15, 0.2) is 72.5 Å². The monoisotopic (exact) mass is 644 g/mol. The Morgan fingerprint density at radius 1 is 0.783 bits per heavy atom. The van der Waals surface area contributed by atoms with E-state index in [0.29, 0.717) is 0 Å². The average Bonchev–Trinajstić information content (AvgIpc) is 3.38. The Balaban J connectivity index is 1.58. The summed E-state index contributed by atoms with van der Waals surface area (Å²) < 4.78 is 33.5. The van der Waals surface area contributed by atoms with Crippen LogP contribution in [-0.4, -0.2) is 112 Å². The fourth-order valence-electron chi connectivity index (χ4n) is 5.97. The molecule has 1 aliphatic carbocycles. The molecular formula is C31H32O15. The highest BCUT2D eigenvalue weighted by Gasteiger charge is 2.65. The molecule has 0 radical (unpaired) electrons. The summed E-state index contributed by atoms with van der Waals surface area (Å²) in [6, 6.07) is 15.4. The van der Waals surface area contributed by atoms with Crippen molar-refractivity contribution in [2.24, 2.45) is 17.8 Å². The maximum atomic E-state index is 13.5. The van der Waals surface area contributed by atoms with Crippen molar-refractivity contribution >= 4 is 23.9 Å². The number of methoxy groups -OCH3 is 1. The summed E-state index contributed by atoms with van der Waals surface area (Å²) in [6.45, 7) is -0.773. The van der Waals surface area contributed by atoms with Gasteiger partial charge in [-0.1, -0.05) is 36.4 Å². The lowest BCUT2D eigenvalue weighted by Crippen LogP contribution is -2.60. The van der Waals surface area contributed by atoms with Crippen molar-refractivity contribution in [2.75, 3.05) is 13.7 Å². The number of ether oxygens (including phenoxy) is 6. The quantitative estimate of drug-likeness (QED) is 0.173. The summed E-state index contributed by atoms with van der Waals surface area (Å²) in [7, 11) is 1.04. The lowest BCUT2D eigenvalue weighted by molar-refractivity contribution is -0.342. The lowest BCUT2D eigenvalue weighted by atomic mass is 9.82. The molecule has 0 aromatic heterocycles. The second kappa shape index (κ2) is 13.9. The number of aliphatic hydroxyl groups is 4. The number of carbonyl (C=O) groups is 4. The number of benzene rings is 2. The van der Waals surface area contributed by atoms with E-state index in [1.54, 1.807) is 36.4 Å². The van der Waals surface area contributed by atoms with E-state index in [4.69, 9.17) is 28.4 Å². The summed E-state index contributed by atoms with van der Waals surface area (Å²) in [5, 5.41) is 50.8. The molecular weight excluding hydrogens is 612 g/mol. The first-order valence-corrected chi connectivity index (χ1v) is 14.2. The molecule has 2 aromatic carbocycles. The van der Waals surface area contributed by atoms with Crippen molar-refractivity contribution in [2.45, 2.75) is 49.2 Å². The Bertz CT molecular complexity index is 1440. The van der Waals surface area contributed by atoms with E-state index in [1.807, 2.05) is 0 Å².